The Labute approximate surface area is 184 Å². The van der Waals surface area contributed by atoms with Gasteiger partial charge in [0.05, 0.1) is 18.6 Å². The number of amidine groups is 1. The molecule has 2 N–H and O–H groups in total. The first-order valence-electron chi connectivity index (χ1n) is 10.9. The van der Waals surface area contributed by atoms with E-state index in [9.17, 15) is 4.79 Å². The zero-order valence-corrected chi connectivity index (χ0v) is 18.1. The highest BCUT2D eigenvalue weighted by Crippen LogP contribution is 2.49. The van der Waals surface area contributed by atoms with Crippen LogP contribution in [0.5, 0.6) is 0 Å². The molecule has 0 spiro atoms. The second-order valence-electron chi connectivity index (χ2n) is 8.28. The van der Waals surface area contributed by atoms with Gasteiger partial charge in [0.1, 0.15) is 0 Å². The fourth-order valence-electron chi connectivity index (χ4n) is 3.83. The number of benzene rings is 2. The standard InChI is InChI=1S/C24H31N5O2/c1-28-27-26-23(24(14-15-24)19-31-18-21-10-6-3-7-11-21)29(28)17-13-22(30)25-16-12-20-8-4-2-5-9-20/h2-11,27H,12-19H2,1H3,(H,25,30). The minimum atomic E-state index is -0.0592. The third kappa shape index (κ3) is 5.62. The maximum absolute atomic E-state index is 12.4. The van der Waals surface area contributed by atoms with Gasteiger partial charge in [-0.2, -0.15) is 0 Å². The zero-order valence-electron chi connectivity index (χ0n) is 18.1. The number of hydrazine groups is 2. The molecule has 0 radical (unpaired) electrons. The van der Waals surface area contributed by atoms with Gasteiger partial charge in [0.15, 0.2) is 5.84 Å². The number of nitrogens with one attached hydrogen (secondary N) is 2. The molecular formula is C24H31N5O2. The molecule has 0 atom stereocenters. The van der Waals surface area contributed by atoms with Gasteiger partial charge >= 0.3 is 0 Å². The quantitative estimate of drug-likeness (QED) is 0.584. The first kappa shape index (κ1) is 21.3. The Kier molecular flexibility index (Phi) is 6.84. The second kappa shape index (κ2) is 9.94. The molecular weight excluding hydrogens is 390 g/mol. The molecule has 0 bridgehead atoms. The number of carbonyl (C=O) groups is 1. The van der Waals surface area contributed by atoms with Gasteiger partial charge in [0.25, 0.3) is 0 Å². The molecule has 1 aliphatic carbocycles. The van der Waals surface area contributed by atoms with Crippen LogP contribution in [0.1, 0.15) is 30.4 Å². The summed E-state index contributed by atoms with van der Waals surface area (Å²) < 4.78 is 6.03. The van der Waals surface area contributed by atoms with E-state index in [1.807, 2.05) is 48.6 Å². The van der Waals surface area contributed by atoms with Crippen LogP contribution in [0.3, 0.4) is 0 Å². The van der Waals surface area contributed by atoms with Crippen molar-refractivity contribution in [3.8, 4) is 0 Å². The topological polar surface area (TPSA) is 69.2 Å². The highest BCUT2D eigenvalue weighted by Gasteiger charge is 2.52. The van der Waals surface area contributed by atoms with E-state index in [1.165, 1.54) is 11.1 Å². The lowest BCUT2D eigenvalue weighted by Gasteiger charge is -2.29. The summed E-state index contributed by atoms with van der Waals surface area (Å²) in [5.41, 5.74) is 5.36. The first-order chi connectivity index (χ1) is 15.2. The monoisotopic (exact) mass is 421 g/mol. The average molecular weight is 422 g/mol. The summed E-state index contributed by atoms with van der Waals surface area (Å²) in [5, 5.41) is 11.5. The summed E-state index contributed by atoms with van der Waals surface area (Å²) in [5.74, 6) is 1.03. The van der Waals surface area contributed by atoms with Crippen molar-refractivity contribution in [2.24, 2.45) is 10.5 Å². The van der Waals surface area contributed by atoms with Crippen molar-refractivity contribution in [3.05, 3.63) is 71.8 Å². The zero-order chi connectivity index (χ0) is 21.5. The predicted molar refractivity (Wildman–Crippen MR) is 121 cm³/mol. The molecule has 1 fully saturated rings. The largest absolute Gasteiger partial charge is 0.376 e. The highest BCUT2D eigenvalue weighted by atomic mass is 16.5. The maximum Gasteiger partial charge on any atom is 0.221 e. The number of hydrazone groups is 1. The average Bonchev–Trinajstić information content (AvgIpc) is 3.48. The number of hydrogen-bond acceptors (Lipinski definition) is 6. The Morgan fingerprint density at radius 3 is 2.45 bits per heavy atom. The fourth-order valence-corrected chi connectivity index (χ4v) is 3.83. The Balaban J connectivity index is 1.23. The van der Waals surface area contributed by atoms with Crippen LogP contribution >= 0.6 is 0 Å². The lowest BCUT2D eigenvalue weighted by molar-refractivity contribution is -0.121. The van der Waals surface area contributed by atoms with E-state index in [2.05, 4.69) is 45.2 Å². The van der Waals surface area contributed by atoms with Gasteiger partial charge < -0.3 is 10.1 Å². The minimum absolute atomic E-state index is 0.0563. The third-order valence-electron chi connectivity index (χ3n) is 5.85. The van der Waals surface area contributed by atoms with E-state index in [0.717, 1.165) is 25.1 Å². The van der Waals surface area contributed by atoms with Crippen LogP contribution in [0.2, 0.25) is 0 Å². The van der Waals surface area contributed by atoms with Gasteiger partial charge in [-0.25, -0.2) is 5.53 Å². The van der Waals surface area contributed by atoms with Crippen LogP contribution in [-0.4, -0.2) is 48.6 Å². The van der Waals surface area contributed by atoms with Crippen molar-refractivity contribution in [3.63, 3.8) is 0 Å². The van der Waals surface area contributed by atoms with Crippen LogP contribution in [0.15, 0.2) is 65.8 Å². The summed E-state index contributed by atoms with van der Waals surface area (Å²) in [6.45, 7) is 2.47. The van der Waals surface area contributed by atoms with E-state index in [0.29, 0.717) is 32.7 Å². The van der Waals surface area contributed by atoms with Crippen molar-refractivity contribution < 1.29 is 9.53 Å². The van der Waals surface area contributed by atoms with Gasteiger partial charge in [0.2, 0.25) is 5.91 Å². The lowest BCUT2D eigenvalue weighted by Crippen LogP contribution is -2.47. The molecule has 2 aromatic carbocycles. The summed E-state index contributed by atoms with van der Waals surface area (Å²) in [6, 6.07) is 20.4. The molecule has 1 saturated carbocycles. The predicted octanol–water partition coefficient (Wildman–Crippen LogP) is 2.71. The van der Waals surface area contributed by atoms with Crippen molar-refractivity contribution in [1.29, 1.82) is 0 Å². The van der Waals surface area contributed by atoms with Crippen LogP contribution in [0, 0.1) is 5.41 Å². The number of nitrogens with zero attached hydrogens (tertiary/aromatic N) is 3. The van der Waals surface area contributed by atoms with Crippen LogP contribution < -0.4 is 10.9 Å². The second-order valence-corrected chi connectivity index (χ2v) is 8.28. The molecule has 1 heterocycles. The molecule has 164 valence electrons. The van der Waals surface area contributed by atoms with E-state index >= 15 is 0 Å². The van der Waals surface area contributed by atoms with E-state index in [1.54, 1.807) is 0 Å². The lowest BCUT2D eigenvalue weighted by atomic mass is 10.1. The number of carbonyl (C=O) groups excluding carboxylic acids is 1. The molecule has 4 rings (SSSR count). The molecule has 7 heteroatoms. The van der Waals surface area contributed by atoms with Crippen molar-refractivity contribution >= 4 is 11.7 Å². The molecule has 7 nitrogen and oxygen atoms in total. The van der Waals surface area contributed by atoms with Crippen LogP contribution in [0.25, 0.3) is 0 Å². The van der Waals surface area contributed by atoms with E-state index in [-0.39, 0.29) is 11.3 Å². The third-order valence-corrected chi connectivity index (χ3v) is 5.85. The maximum atomic E-state index is 12.4. The molecule has 0 aromatic heterocycles. The molecule has 31 heavy (non-hydrogen) atoms. The number of amides is 1. The Bertz CT molecular complexity index is 883. The smallest absolute Gasteiger partial charge is 0.221 e. The number of hydrogen-bond donors (Lipinski definition) is 2. The van der Waals surface area contributed by atoms with E-state index < -0.39 is 0 Å². The minimum Gasteiger partial charge on any atom is -0.376 e. The van der Waals surface area contributed by atoms with Gasteiger partial charge in [-0.1, -0.05) is 60.7 Å². The summed E-state index contributed by atoms with van der Waals surface area (Å²) in [7, 11) is 1.92. The molecule has 1 aliphatic heterocycles. The van der Waals surface area contributed by atoms with Crippen LogP contribution in [-0.2, 0) is 22.6 Å². The van der Waals surface area contributed by atoms with Gasteiger partial charge in [-0.15, -0.1) is 10.2 Å². The summed E-state index contributed by atoms with van der Waals surface area (Å²) in [6.07, 6.45) is 3.36. The van der Waals surface area contributed by atoms with E-state index in [4.69, 9.17) is 4.74 Å². The molecule has 2 aliphatic rings. The van der Waals surface area contributed by atoms with Crippen LogP contribution in [0.4, 0.5) is 0 Å². The normalized spacial score (nSPS) is 17.2. The van der Waals surface area contributed by atoms with Gasteiger partial charge in [-0.05, 0) is 30.4 Å². The highest BCUT2D eigenvalue weighted by molar-refractivity contribution is 5.91. The molecule has 0 saturated heterocycles. The summed E-state index contributed by atoms with van der Waals surface area (Å²) in [4.78, 5) is 12.4. The molecule has 1 amide bonds. The van der Waals surface area contributed by atoms with Gasteiger partial charge in [-0.3, -0.25) is 9.80 Å². The van der Waals surface area contributed by atoms with Gasteiger partial charge in [0, 0.05) is 26.6 Å². The number of ether oxygens (including phenoxy) is 1. The number of rotatable bonds is 11. The van der Waals surface area contributed by atoms with Crippen molar-refractivity contribution in [2.75, 3.05) is 26.7 Å². The fraction of sp³-hybridized carbons (Fsp3) is 0.417. The SMILES string of the molecule is CN1NN=C(C2(COCc3ccccc3)CC2)N1CCC(=O)NCCc1ccccc1. The Hall–Kier alpha value is -2.90. The van der Waals surface area contributed by atoms with Crippen molar-refractivity contribution in [2.45, 2.75) is 32.3 Å². The Morgan fingerprint density at radius 2 is 1.77 bits per heavy atom. The summed E-state index contributed by atoms with van der Waals surface area (Å²) >= 11 is 0. The molecule has 2 aromatic rings. The Morgan fingerprint density at radius 1 is 1.10 bits per heavy atom. The first-order valence-corrected chi connectivity index (χ1v) is 10.9. The molecule has 0 unspecified atom stereocenters. The van der Waals surface area contributed by atoms with Crippen molar-refractivity contribution in [1.82, 2.24) is 21.0 Å².